The van der Waals surface area contributed by atoms with Crippen molar-refractivity contribution in [3.8, 4) is 0 Å². The summed E-state index contributed by atoms with van der Waals surface area (Å²) >= 11 is 0. The second-order valence-electron chi connectivity index (χ2n) is 4.87. The minimum Gasteiger partial charge on any atom is -0.550 e. The van der Waals surface area contributed by atoms with E-state index in [2.05, 4.69) is 0 Å². The summed E-state index contributed by atoms with van der Waals surface area (Å²) in [5.41, 5.74) is -5.73. The Morgan fingerprint density at radius 1 is 0.556 bits per heavy atom. The number of carbonyl (C=O) groups is 6. The summed E-state index contributed by atoms with van der Waals surface area (Å²) in [5, 5.41) is 74.4. The monoisotopic (exact) mass is 618 g/mol. The number of carboxylic acids is 6. The Bertz CT molecular complexity index is 513. The summed E-state index contributed by atoms with van der Waals surface area (Å²) in [4.78, 5) is 60.3. The molecular formula is C12H12O14Pu-4. The Morgan fingerprint density at radius 3 is 0.778 bits per heavy atom. The van der Waals surface area contributed by atoms with Crippen molar-refractivity contribution < 1.29 is 98.8 Å². The van der Waals surface area contributed by atoms with E-state index in [4.69, 9.17) is 20.4 Å². The summed E-state index contributed by atoms with van der Waals surface area (Å²) in [6, 6.07) is 0. The maximum atomic E-state index is 10.3. The van der Waals surface area contributed by atoms with Gasteiger partial charge < -0.3 is 60.0 Å². The van der Waals surface area contributed by atoms with Gasteiger partial charge in [-0.3, -0.25) is 0 Å². The van der Waals surface area contributed by atoms with E-state index < -0.39 is 72.7 Å². The van der Waals surface area contributed by atoms with Crippen LogP contribution in [0.15, 0.2) is 0 Å². The van der Waals surface area contributed by atoms with Crippen molar-refractivity contribution in [1.82, 2.24) is 0 Å². The van der Waals surface area contributed by atoms with E-state index in [1.807, 2.05) is 0 Å². The van der Waals surface area contributed by atoms with Crippen molar-refractivity contribution >= 4 is 35.8 Å². The smallest absolute Gasteiger partial charge is 0.336 e. The van der Waals surface area contributed by atoms with Gasteiger partial charge in [0, 0.05) is 78.7 Å². The minimum absolute atomic E-state index is 0. The molecule has 0 aliphatic carbocycles. The van der Waals surface area contributed by atoms with E-state index in [0.29, 0.717) is 0 Å². The van der Waals surface area contributed by atoms with Gasteiger partial charge in [0.2, 0.25) is 0 Å². The number of hydrogen-bond acceptors (Lipinski definition) is 12. The Hall–Kier alpha value is -2.27. The summed E-state index contributed by atoms with van der Waals surface area (Å²) in [6.07, 6.45) is -5.18. The molecule has 0 fully saturated rings. The molecule has 0 spiro atoms. The largest absolute Gasteiger partial charge is 0.550 e. The van der Waals surface area contributed by atoms with Crippen molar-refractivity contribution in [3.63, 3.8) is 0 Å². The number of rotatable bonds is 10. The molecule has 0 aromatic carbocycles. The van der Waals surface area contributed by atoms with Crippen LogP contribution in [0.25, 0.3) is 0 Å². The predicted molar refractivity (Wildman–Crippen MR) is 63.7 cm³/mol. The third-order valence-electron chi connectivity index (χ3n) is 2.54. The van der Waals surface area contributed by atoms with Gasteiger partial charge in [-0.05, 0) is 0 Å². The molecule has 27 heavy (non-hydrogen) atoms. The zero-order valence-electron chi connectivity index (χ0n) is 13.1. The Kier molecular flexibility index (Phi) is 13.3. The summed E-state index contributed by atoms with van der Waals surface area (Å²) in [5.74, 6) is -11.3. The van der Waals surface area contributed by atoms with Crippen LogP contribution < -0.4 is 20.4 Å². The first-order chi connectivity index (χ1) is 11.6. The Morgan fingerprint density at radius 2 is 0.704 bits per heavy atom. The molecule has 14 nitrogen and oxygen atoms in total. The summed E-state index contributed by atoms with van der Waals surface area (Å²) in [7, 11) is 0. The van der Waals surface area contributed by atoms with Gasteiger partial charge in [-0.15, -0.1) is 0 Å². The summed E-state index contributed by atoms with van der Waals surface area (Å²) < 4.78 is 0. The van der Waals surface area contributed by atoms with E-state index in [9.17, 15) is 49.2 Å². The van der Waals surface area contributed by atoms with Gasteiger partial charge in [-0.2, -0.15) is 0 Å². The van der Waals surface area contributed by atoms with Crippen LogP contribution in [0, 0.1) is 29.2 Å². The van der Waals surface area contributed by atoms with E-state index in [1.165, 1.54) is 0 Å². The van der Waals surface area contributed by atoms with Gasteiger partial charge in [-0.1, -0.05) is 0 Å². The Balaban J connectivity index is -0.000000411. The number of carbonyl (C=O) groups excluding carboxylic acids is 4. The second-order valence-corrected chi connectivity index (χ2v) is 4.87. The molecule has 0 unspecified atom stereocenters. The predicted octanol–water partition coefficient (Wildman–Crippen LogP) is -7.84. The molecule has 0 aromatic rings. The van der Waals surface area contributed by atoms with Gasteiger partial charge in [-0.25, -0.2) is 9.59 Å². The average Bonchev–Trinajstić information content (AvgIpc) is 2.34. The van der Waals surface area contributed by atoms with Gasteiger partial charge >= 0.3 is 11.9 Å². The molecule has 0 atom stereocenters. The Labute approximate surface area is 171 Å². The first kappa shape index (κ1) is 29.5. The molecular weight excluding hydrogens is 606 g/mol. The number of hydrogen-bond donors (Lipinski definition) is 4. The van der Waals surface area contributed by atoms with E-state index in [1.54, 1.807) is 0 Å². The van der Waals surface area contributed by atoms with Crippen molar-refractivity contribution in [1.29, 1.82) is 0 Å². The molecule has 4 N–H and O–H groups in total. The van der Waals surface area contributed by atoms with Crippen molar-refractivity contribution in [2.24, 2.45) is 0 Å². The van der Waals surface area contributed by atoms with E-state index in [0.717, 1.165) is 0 Å². The number of aliphatic hydroxyl groups is 2. The summed E-state index contributed by atoms with van der Waals surface area (Å²) in [6.45, 7) is 0. The molecule has 0 saturated heterocycles. The molecule has 15 heteroatoms. The van der Waals surface area contributed by atoms with Crippen LogP contribution in [0.3, 0.4) is 0 Å². The second kappa shape index (κ2) is 12.2. The molecule has 0 aliphatic rings. The standard InChI is InChI=1S/2C6H8O7.Pu/c2*7-3(8)1-6(13,5(11)12)2-4(9)10;/h2*13H,1-2H2,(H,7,8)(H,9,10)(H,11,12);/p-4/i;;1-6. The van der Waals surface area contributed by atoms with Crippen LogP contribution in [0.2, 0.25) is 0 Å². The molecule has 0 aromatic heterocycles. The van der Waals surface area contributed by atoms with Crippen LogP contribution >= 0.6 is 0 Å². The van der Waals surface area contributed by atoms with E-state index in [-0.39, 0.29) is 29.2 Å². The molecule has 0 rings (SSSR count). The minimum atomic E-state index is -2.86. The number of carboxylic acid groups (broad SMARTS) is 6. The molecule has 0 heterocycles. The maximum absolute atomic E-state index is 10.3. The molecule has 0 saturated carbocycles. The zero-order valence-corrected chi connectivity index (χ0v) is 16.5. The fourth-order valence-corrected chi connectivity index (χ4v) is 1.38. The van der Waals surface area contributed by atoms with Crippen LogP contribution in [0.4, 0.5) is 0 Å². The normalized spacial score (nSPS) is 10.4. The van der Waals surface area contributed by atoms with Gasteiger partial charge in [0.15, 0.2) is 11.2 Å². The van der Waals surface area contributed by atoms with Crippen molar-refractivity contribution in [2.45, 2.75) is 36.9 Å². The molecule has 154 valence electrons. The zero-order chi connectivity index (χ0) is 21.3. The first-order valence-electron chi connectivity index (χ1n) is 6.26. The molecule has 0 aliphatic heterocycles. The van der Waals surface area contributed by atoms with Crippen molar-refractivity contribution in [3.05, 3.63) is 0 Å². The van der Waals surface area contributed by atoms with Crippen LogP contribution in [-0.4, -0.2) is 67.4 Å². The van der Waals surface area contributed by atoms with Gasteiger partial charge in [0.1, 0.15) is 0 Å². The van der Waals surface area contributed by atoms with Crippen LogP contribution in [0.5, 0.6) is 0 Å². The first-order valence-corrected chi connectivity index (χ1v) is 6.26. The van der Waals surface area contributed by atoms with Crippen molar-refractivity contribution in [2.75, 3.05) is 0 Å². The fraction of sp³-hybridized carbons (Fsp3) is 0.500. The van der Waals surface area contributed by atoms with Gasteiger partial charge in [0.25, 0.3) is 0 Å². The average molecular weight is 618 g/mol. The maximum Gasteiger partial charge on any atom is 0.336 e. The fourth-order valence-electron chi connectivity index (χ4n) is 1.38. The number of aliphatic carboxylic acids is 6. The third kappa shape index (κ3) is 12.7. The third-order valence-corrected chi connectivity index (χ3v) is 2.54. The molecule has 0 radical (unpaired) electrons. The molecule has 0 amide bonds. The van der Waals surface area contributed by atoms with Crippen LogP contribution in [-0.2, 0) is 28.8 Å². The van der Waals surface area contributed by atoms with E-state index >= 15 is 0 Å². The quantitative estimate of drug-likeness (QED) is 0.177. The SMILES string of the molecule is O=C([O-])CC(O)(CC(=O)[O-])C(=O)O.O=C([O-])CC(O)(CC(=O)[O-])C(=O)O.[238Pu]. The van der Waals surface area contributed by atoms with Gasteiger partial charge in [0.05, 0.1) is 0 Å². The van der Waals surface area contributed by atoms with Crippen LogP contribution in [0.1, 0.15) is 25.7 Å². The molecule has 0 bridgehead atoms. The topological polar surface area (TPSA) is 276 Å².